The van der Waals surface area contributed by atoms with E-state index in [0.717, 1.165) is 0 Å². The van der Waals surface area contributed by atoms with Gasteiger partial charge in [0.1, 0.15) is 5.75 Å². The highest BCUT2D eigenvalue weighted by atomic mass is 16.5. The van der Waals surface area contributed by atoms with Crippen molar-refractivity contribution >= 4 is 23.2 Å². The molecule has 1 fully saturated rings. The summed E-state index contributed by atoms with van der Waals surface area (Å²) >= 11 is 0. The molecule has 0 aromatic heterocycles. The van der Waals surface area contributed by atoms with E-state index in [-0.39, 0.29) is 11.8 Å². The highest BCUT2D eigenvalue weighted by Gasteiger charge is 2.28. The SMILES string of the molecule is COc1cc(NC(=O)C2CC(O)CN2)ccc1NC(C)=O. The summed E-state index contributed by atoms with van der Waals surface area (Å²) in [6.07, 6.45) is -0.0927. The summed E-state index contributed by atoms with van der Waals surface area (Å²) in [5, 5.41) is 17.8. The van der Waals surface area contributed by atoms with Crippen molar-refractivity contribution in [3.05, 3.63) is 18.2 Å². The van der Waals surface area contributed by atoms with Gasteiger partial charge in [0.05, 0.1) is 24.9 Å². The second-order valence-electron chi connectivity index (χ2n) is 4.94. The summed E-state index contributed by atoms with van der Waals surface area (Å²) in [5.74, 6) is 0.0533. The minimum Gasteiger partial charge on any atom is -0.494 e. The summed E-state index contributed by atoms with van der Waals surface area (Å²) in [5.41, 5.74) is 1.10. The zero-order valence-corrected chi connectivity index (χ0v) is 12.0. The quantitative estimate of drug-likeness (QED) is 0.640. The number of β-amino-alcohol motifs (C(OH)–C–C–N with tert-alkyl or cyclic N) is 1. The van der Waals surface area contributed by atoms with E-state index in [2.05, 4.69) is 16.0 Å². The lowest BCUT2D eigenvalue weighted by atomic mass is 10.2. The molecule has 2 amide bonds. The van der Waals surface area contributed by atoms with Gasteiger partial charge in [-0.15, -0.1) is 0 Å². The van der Waals surface area contributed by atoms with E-state index < -0.39 is 12.1 Å². The largest absolute Gasteiger partial charge is 0.494 e. The van der Waals surface area contributed by atoms with Crippen LogP contribution in [0, 0.1) is 0 Å². The number of anilines is 2. The Hall–Kier alpha value is -2.12. The zero-order chi connectivity index (χ0) is 15.4. The van der Waals surface area contributed by atoms with Gasteiger partial charge in [0.25, 0.3) is 0 Å². The maximum Gasteiger partial charge on any atom is 0.241 e. The molecule has 0 bridgehead atoms. The van der Waals surface area contributed by atoms with Gasteiger partial charge in [0.15, 0.2) is 0 Å². The molecule has 1 aromatic carbocycles. The molecule has 2 rings (SSSR count). The minimum absolute atomic E-state index is 0.200. The molecule has 1 aromatic rings. The number of amides is 2. The number of rotatable bonds is 4. The Labute approximate surface area is 122 Å². The van der Waals surface area contributed by atoms with Crippen LogP contribution in [0.3, 0.4) is 0 Å². The third-order valence-electron chi connectivity index (χ3n) is 3.20. The average Bonchev–Trinajstić information content (AvgIpc) is 2.86. The number of hydrogen-bond acceptors (Lipinski definition) is 5. The molecular weight excluding hydrogens is 274 g/mol. The van der Waals surface area contributed by atoms with Crippen molar-refractivity contribution in [2.75, 3.05) is 24.3 Å². The molecule has 0 saturated carbocycles. The molecule has 2 unspecified atom stereocenters. The van der Waals surface area contributed by atoms with Crippen LogP contribution < -0.4 is 20.7 Å². The zero-order valence-electron chi connectivity index (χ0n) is 12.0. The van der Waals surface area contributed by atoms with Crippen LogP contribution in [0.1, 0.15) is 13.3 Å². The van der Waals surface area contributed by atoms with E-state index in [1.165, 1.54) is 14.0 Å². The topological polar surface area (TPSA) is 99.7 Å². The first-order valence-electron chi connectivity index (χ1n) is 6.67. The van der Waals surface area contributed by atoms with E-state index in [4.69, 9.17) is 4.74 Å². The summed E-state index contributed by atoms with van der Waals surface area (Å²) < 4.78 is 5.19. The average molecular weight is 293 g/mol. The highest BCUT2D eigenvalue weighted by molar-refractivity contribution is 5.96. The van der Waals surface area contributed by atoms with E-state index >= 15 is 0 Å². The predicted molar refractivity (Wildman–Crippen MR) is 78.3 cm³/mol. The highest BCUT2D eigenvalue weighted by Crippen LogP contribution is 2.28. The Morgan fingerprint density at radius 1 is 1.38 bits per heavy atom. The molecule has 114 valence electrons. The number of hydrogen-bond donors (Lipinski definition) is 4. The number of ether oxygens (including phenoxy) is 1. The molecule has 1 aliphatic heterocycles. The van der Waals surface area contributed by atoms with Gasteiger partial charge < -0.3 is 25.8 Å². The lowest BCUT2D eigenvalue weighted by molar-refractivity contribution is -0.118. The molecule has 0 aliphatic carbocycles. The maximum absolute atomic E-state index is 12.0. The second kappa shape index (κ2) is 6.55. The Morgan fingerprint density at radius 2 is 2.14 bits per heavy atom. The molecule has 21 heavy (non-hydrogen) atoms. The first-order valence-corrected chi connectivity index (χ1v) is 6.67. The molecular formula is C14H19N3O4. The maximum atomic E-state index is 12.0. The fraction of sp³-hybridized carbons (Fsp3) is 0.429. The van der Waals surface area contributed by atoms with Crippen LogP contribution >= 0.6 is 0 Å². The van der Waals surface area contributed by atoms with Crippen LogP contribution in [0.25, 0.3) is 0 Å². The summed E-state index contributed by atoms with van der Waals surface area (Å²) in [4.78, 5) is 23.1. The Morgan fingerprint density at radius 3 is 2.71 bits per heavy atom. The van der Waals surface area contributed by atoms with Crippen LogP contribution in [-0.2, 0) is 9.59 Å². The molecule has 7 heteroatoms. The number of aliphatic hydroxyl groups is 1. The van der Waals surface area contributed by atoms with Gasteiger partial charge in [-0.2, -0.15) is 0 Å². The third kappa shape index (κ3) is 3.93. The van der Waals surface area contributed by atoms with Crippen molar-refractivity contribution < 1.29 is 19.4 Å². The van der Waals surface area contributed by atoms with Crippen molar-refractivity contribution in [3.8, 4) is 5.75 Å². The van der Waals surface area contributed by atoms with Crippen LogP contribution in [0.15, 0.2) is 18.2 Å². The van der Waals surface area contributed by atoms with Gasteiger partial charge >= 0.3 is 0 Å². The lowest BCUT2D eigenvalue weighted by Gasteiger charge is -2.14. The third-order valence-corrected chi connectivity index (χ3v) is 3.20. The first-order chi connectivity index (χ1) is 9.99. The Balaban J connectivity index is 2.06. The molecule has 1 saturated heterocycles. The number of carbonyl (C=O) groups is 2. The summed E-state index contributed by atoms with van der Waals surface area (Å²) in [6.45, 7) is 1.83. The standard InChI is InChI=1S/C14H19N3O4/c1-8(18)16-11-4-3-9(5-13(11)21-2)17-14(20)12-6-10(19)7-15-12/h3-5,10,12,15,19H,6-7H2,1-2H3,(H,16,18)(H,17,20). The van der Waals surface area contributed by atoms with Gasteiger partial charge in [-0.05, 0) is 18.6 Å². The van der Waals surface area contributed by atoms with Crippen molar-refractivity contribution in [3.63, 3.8) is 0 Å². The van der Waals surface area contributed by atoms with Crippen LogP contribution in [0.4, 0.5) is 11.4 Å². The lowest BCUT2D eigenvalue weighted by Crippen LogP contribution is -2.35. The van der Waals surface area contributed by atoms with Crippen molar-refractivity contribution in [1.82, 2.24) is 5.32 Å². The van der Waals surface area contributed by atoms with Gasteiger partial charge in [-0.25, -0.2) is 0 Å². The number of benzene rings is 1. The second-order valence-corrected chi connectivity index (χ2v) is 4.94. The van der Waals surface area contributed by atoms with Gasteiger partial charge in [0, 0.05) is 25.2 Å². The van der Waals surface area contributed by atoms with E-state index in [1.807, 2.05) is 0 Å². The summed E-state index contributed by atoms with van der Waals surface area (Å²) in [7, 11) is 1.49. The normalized spacial score (nSPS) is 20.9. The van der Waals surface area contributed by atoms with Crippen LogP contribution in [0.2, 0.25) is 0 Å². The predicted octanol–water partition coefficient (Wildman–Crippen LogP) is 0.315. The molecule has 7 nitrogen and oxygen atoms in total. The van der Waals surface area contributed by atoms with Crippen LogP contribution in [-0.4, -0.2) is 42.7 Å². The fourth-order valence-corrected chi connectivity index (χ4v) is 2.21. The number of carbonyl (C=O) groups excluding carboxylic acids is 2. The monoisotopic (exact) mass is 293 g/mol. The van der Waals surface area contributed by atoms with E-state index in [0.29, 0.717) is 30.1 Å². The van der Waals surface area contributed by atoms with Gasteiger partial charge in [-0.1, -0.05) is 0 Å². The van der Waals surface area contributed by atoms with Gasteiger partial charge in [0.2, 0.25) is 11.8 Å². The number of methoxy groups -OCH3 is 1. The Bertz CT molecular complexity index is 547. The molecule has 0 radical (unpaired) electrons. The minimum atomic E-state index is -0.488. The number of aliphatic hydroxyl groups excluding tert-OH is 1. The summed E-state index contributed by atoms with van der Waals surface area (Å²) in [6, 6.07) is 4.57. The molecule has 1 heterocycles. The molecule has 4 N–H and O–H groups in total. The van der Waals surface area contributed by atoms with Crippen molar-refractivity contribution in [2.24, 2.45) is 0 Å². The molecule has 1 aliphatic rings. The Kier molecular flexibility index (Phi) is 4.77. The van der Waals surface area contributed by atoms with Crippen LogP contribution in [0.5, 0.6) is 5.75 Å². The number of nitrogens with one attached hydrogen (secondary N) is 3. The molecule has 0 spiro atoms. The first kappa shape index (κ1) is 15.3. The van der Waals surface area contributed by atoms with Gasteiger partial charge in [-0.3, -0.25) is 9.59 Å². The van der Waals surface area contributed by atoms with Crippen molar-refractivity contribution in [1.29, 1.82) is 0 Å². The molecule has 2 atom stereocenters. The van der Waals surface area contributed by atoms with Crippen molar-refractivity contribution in [2.45, 2.75) is 25.5 Å². The fourth-order valence-electron chi connectivity index (χ4n) is 2.21. The smallest absolute Gasteiger partial charge is 0.241 e. The van der Waals surface area contributed by atoms with E-state index in [9.17, 15) is 14.7 Å². The van der Waals surface area contributed by atoms with E-state index in [1.54, 1.807) is 18.2 Å².